The molecule has 1 heterocycles. The highest BCUT2D eigenvalue weighted by atomic mass is 35.5. The Bertz CT molecular complexity index is 1240. The van der Waals surface area contributed by atoms with Gasteiger partial charge in [-0.3, -0.25) is 4.79 Å². The normalized spacial score (nSPS) is 10.8. The molecule has 29 heavy (non-hydrogen) atoms. The molecule has 4 nitrogen and oxygen atoms in total. The number of fused-ring (bicyclic) bond motifs is 1. The molecule has 0 aliphatic rings. The van der Waals surface area contributed by atoms with Gasteiger partial charge in [0.25, 0.3) is 0 Å². The van der Waals surface area contributed by atoms with Gasteiger partial charge in [-0.05, 0) is 48.4 Å². The minimum absolute atomic E-state index is 0.0740. The van der Waals surface area contributed by atoms with E-state index in [-0.39, 0.29) is 12.4 Å². The first-order chi connectivity index (χ1) is 14.0. The average molecular weight is 405 g/mol. The molecule has 0 radical (unpaired) electrons. The van der Waals surface area contributed by atoms with Crippen molar-refractivity contribution in [2.45, 2.75) is 6.92 Å². The third-order valence-electron chi connectivity index (χ3n) is 4.74. The van der Waals surface area contributed by atoms with E-state index in [0.717, 1.165) is 16.5 Å². The van der Waals surface area contributed by atoms with Gasteiger partial charge in [0.1, 0.15) is 11.3 Å². The van der Waals surface area contributed by atoms with Crippen LogP contribution >= 0.6 is 11.6 Å². The fourth-order valence-corrected chi connectivity index (χ4v) is 3.35. The molecule has 4 rings (SSSR count). The Morgan fingerprint density at radius 1 is 1.00 bits per heavy atom. The van der Waals surface area contributed by atoms with Crippen LogP contribution in [0.25, 0.3) is 22.1 Å². The van der Waals surface area contributed by atoms with E-state index >= 15 is 0 Å². The average Bonchev–Trinajstić information content (AvgIpc) is 2.74. The Morgan fingerprint density at radius 2 is 1.72 bits per heavy atom. The van der Waals surface area contributed by atoms with E-state index in [0.29, 0.717) is 27.5 Å². The van der Waals surface area contributed by atoms with Gasteiger partial charge in [0.05, 0.1) is 5.56 Å². The van der Waals surface area contributed by atoms with Crippen LogP contribution in [0.2, 0.25) is 5.02 Å². The smallest absolute Gasteiger partial charge is 0.344 e. The quantitative estimate of drug-likeness (QED) is 0.317. The number of benzene rings is 3. The molecular weight excluding hydrogens is 388 g/mol. The van der Waals surface area contributed by atoms with Crippen LogP contribution in [0.3, 0.4) is 0 Å². The number of rotatable bonds is 5. The molecule has 0 aliphatic heterocycles. The minimum atomic E-state index is -0.412. The molecule has 5 heteroatoms. The zero-order chi connectivity index (χ0) is 20.4. The molecule has 144 valence electrons. The summed E-state index contributed by atoms with van der Waals surface area (Å²) < 4.78 is 11.2. The van der Waals surface area contributed by atoms with Crippen LogP contribution in [0, 0.1) is 6.92 Å². The largest absolute Gasteiger partial charge is 0.485 e. The molecule has 0 fully saturated rings. The van der Waals surface area contributed by atoms with E-state index < -0.39 is 5.63 Å². The van der Waals surface area contributed by atoms with Gasteiger partial charge in [-0.2, -0.15) is 0 Å². The SMILES string of the molecule is Cc1c(-c2ccc(Cl)cc2)c(=O)oc2ccc(OCC(=O)c3ccccc3)cc12. The Morgan fingerprint density at radius 3 is 2.45 bits per heavy atom. The van der Waals surface area contributed by atoms with Crippen molar-refractivity contribution in [1.82, 2.24) is 0 Å². The standard InChI is InChI=1S/C24H17ClO4/c1-15-20-13-19(28-14-21(26)16-5-3-2-4-6-16)11-12-22(20)29-24(27)23(15)17-7-9-18(25)10-8-17/h2-13H,14H2,1H3. The number of hydrogen-bond acceptors (Lipinski definition) is 4. The van der Waals surface area contributed by atoms with Gasteiger partial charge >= 0.3 is 5.63 Å². The number of ether oxygens (including phenoxy) is 1. The lowest BCUT2D eigenvalue weighted by molar-refractivity contribution is 0.0921. The molecule has 0 bridgehead atoms. The second-order valence-corrected chi connectivity index (χ2v) is 7.07. The van der Waals surface area contributed by atoms with Crippen molar-refractivity contribution in [3.63, 3.8) is 0 Å². The first-order valence-electron chi connectivity index (χ1n) is 9.07. The van der Waals surface area contributed by atoms with E-state index in [4.69, 9.17) is 20.8 Å². The van der Waals surface area contributed by atoms with Gasteiger partial charge in [-0.15, -0.1) is 0 Å². The summed E-state index contributed by atoms with van der Waals surface area (Å²) in [5.41, 5.74) is 2.64. The van der Waals surface area contributed by atoms with Gasteiger partial charge in [0.15, 0.2) is 12.4 Å². The Hall–Kier alpha value is -3.37. The highest BCUT2D eigenvalue weighted by Gasteiger charge is 2.14. The predicted octanol–water partition coefficient (Wildman–Crippen LogP) is 5.68. The maximum atomic E-state index is 12.5. The highest BCUT2D eigenvalue weighted by Crippen LogP contribution is 2.30. The van der Waals surface area contributed by atoms with Crippen molar-refractivity contribution in [1.29, 1.82) is 0 Å². The zero-order valence-electron chi connectivity index (χ0n) is 15.6. The first-order valence-corrected chi connectivity index (χ1v) is 9.45. The van der Waals surface area contributed by atoms with Crippen molar-refractivity contribution in [2.75, 3.05) is 6.61 Å². The van der Waals surface area contributed by atoms with E-state index in [1.54, 1.807) is 54.6 Å². The molecule has 0 aliphatic carbocycles. The zero-order valence-corrected chi connectivity index (χ0v) is 16.4. The van der Waals surface area contributed by atoms with Crippen LogP contribution in [0.15, 0.2) is 82.0 Å². The summed E-state index contributed by atoms with van der Waals surface area (Å²) in [7, 11) is 0. The van der Waals surface area contributed by atoms with Gasteiger partial charge in [0.2, 0.25) is 0 Å². The molecule has 0 N–H and O–H groups in total. The summed E-state index contributed by atoms with van der Waals surface area (Å²) in [6, 6.07) is 21.2. The number of Topliss-reactive ketones (excluding diaryl/α,β-unsaturated/α-hetero) is 1. The van der Waals surface area contributed by atoms with Gasteiger partial charge < -0.3 is 9.15 Å². The Labute approximate surface area is 172 Å². The maximum Gasteiger partial charge on any atom is 0.344 e. The van der Waals surface area contributed by atoms with Crippen LogP contribution in [-0.4, -0.2) is 12.4 Å². The number of carbonyl (C=O) groups is 1. The van der Waals surface area contributed by atoms with Crippen LogP contribution in [-0.2, 0) is 0 Å². The minimum Gasteiger partial charge on any atom is -0.485 e. The predicted molar refractivity (Wildman–Crippen MR) is 114 cm³/mol. The van der Waals surface area contributed by atoms with Crippen LogP contribution in [0.5, 0.6) is 5.75 Å². The summed E-state index contributed by atoms with van der Waals surface area (Å²) >= 11 is 5.95. The third-order valence-corrected chi connectivity index (χ3v) is 4.99. The lowest BCUT2D eigenvalue weighted by Crippen LogP contribution is -2.11. The highest BCUT2D eigenvalue weighted by molar-refractivity contribution is 6.30. The van der Waals surface area contributed by atoms with Crippen molar-refractivity contribution in [2.24, 2.45) is 0 Å². The van der Waals surface area contributed by atoms with Gasteiger partial charge in [-0.25, -0.2) is 4.79 Å². The maximum absolute atomic E-state index is 12.5. The van der Waals surface area contributed by atoms with Crippen molar-refractivity contribution in [3.05, 3.63) is 99.4 Å². The number of ketones is 1. The van der Waals surface area contributed by atoms with Crippen molar-refractivity contribution >= 4 is 28.4 Å². The van der Waals surface area contributed by atoms with E-state index in [2.05, 4.69) is 0 Å². The molecule has 0 saturated heterocycles. The van der Waals surface area contributed by atoms with Crippen molar-refractivity contribution < 1.29 is 13.9 Å². The summed E-state index contributed by atoms with van der Waals surface area (Å²) in [4.78, 5) is 24.8. The molecule has 0 amide bonds. The molecule has 0 spiro atoms. The summed E-state index contributed by atoms with van der Waals surface area (Å²) in [5.74, 6) is 0.421. The molecule has 0 atom stereocenters. The van der Waals surface area contributed by atoms with E-state index in [1.165, 1.54) is 0 Å². The second-order valence-electron chi connectivity index (χ2n) is 6.63. The van der Waals surface area contributed by atoms with Crippen LogP contribution in [0.4, 0.5) is 0 Å². The molecule has 1 aromatic heterocycles. The second kappa shape index (κ2) is 7.94. The monoisotopic (exact) mass is 404 g/mol. The van der Waals surface area contributed by atoms with Crippen LogP contribution < -0.4 is 10.4 Å². The van der Waals surface area contributed by atoms with E-state index in [1.807, 2.05) is 25.1 Å². The Balaban J connectivity index is 1.67. The summed E-state index contributed by atoms with van der Waals surface area (Å²) in [6.07, 6.45) is 0. The van der Waals surface area contributed by atoms with Gasteiger partial charge in [0, 0.05) is 16.0 Å². The van der Waals surface area contributed by atoms with Gasteiger partial charge in [-0.1, -0.05) is 54.1 Å². The lowest BCUT2D eigenvalue weighted by atomic mass is 9.99. The summed E-state index contributed by atoms with van der Waals surface area (Å²) in [6.45, 7) is 1.79. The summed E-state index contributed by atoms with van der Waals surface area (Å²) in [5, 5.41) is 1.34. The number of hydrogen-bond donors (Lipinski definition) is 0. The topological polar surface area (TPSA) is 56.5 Å². The van der Waals surface area contributed by atoms with Crippen molar-refractivity contribution in [3.8, 4) is 16.9 Å². The first kappa shape index (κ1) is 19.0. The van der Waals surface area contributed by atoms with E-state index in [9.17, 15) is 9.59 Å². The fraction of sp³-hybridized carbons (Fsp3) is 0.0833. The third kappa shape index (κ3) is 3.93. The molecule has 4 aromatic rings. The molecule has 3 aromatic carbocycles. The number of halogens is 1. The molecule has 0 unspecified atom stereocenters. The Kier molecular flexibility index (Phi) is 5.19. The number of aryl methyl sites for hydroxylation is 1. The van der Waals surface area contributed by atoms with Crippen LogP contribution in [0.1, 0.15) is 15.9 Å². The fourth-order valence-electron chi connectivity index (χ4n) is 3.23. The molecule has 0 saturated carbocycles. The molecular formula is C24H17ClO4. The lowest BCUT2D eigenvalue weighted by Gasteiger charge is -2.10. The number of carbonyl (C=O) groups excluding carboxylic acids is 1.